The Morgan fingerprint density at radius 1 is 0.861 bits per heavy atom. The number of rotatable bonds is 10. The van der Waals surface area contributed by atoms with Crippen molar-refractivity contribution in [2.75, 3.05) is 11.9 Å². The molecule has 1 aliphatic carbocycles. The molecule has 36 heavy (non-hydrogen) atoms. The van der Waals surface area contributed by atoms with E-state index >= 15 is 0 Å². The second-order valence-electron chi connectivity index (χ2n) is 8.69. The molecule has 192 valence electrons. The molecule has 1 aromatic heterocycles. The molecule has 1 heterocycles. The first-order chi connectivity index (χ1) is 17.2. The maximum atomic E-state index is 13.5. The molecule has 0 spiro atoms. The van der Waals surface area contributed by atoms with Crippen molar-refractivity contribution >= 4 is 31.6 Å². The molecule has 4 rings (SSSR count). The summed E-state index contributed by atoms with van der Waals surface area (Å²) < 4.78 is 61.5. The number of furan rings is 1. The van der Waals surface area contributed by atoms with Crippen LogP contribution in [0.1, 0.15) is 37.9 Å². The van der Waals surface area contributed by atoms with E-state index in [2.05, 4.69) is 10.0 Å². The minimum atomic E-state index is -4.16. The number of hydrogen-bond donors (Lipinski definition) is 2. The lowest BCUT2D eigenvalue weighted by Crippen LogP contribution is -2.37. The van der Waals surface area contributed by atoms with Gasteiger partial charge in [-0.15, -0.1) is 0 Å². The first kappa shape index (κ1) is 26.1. The highest BCUT2D eigenvalue weighted by molar-refractivity contribution is 7.89. The fourth-order valence-corrected chi connectivity index (χ4v) is 6.80. The predicted molar refractivity (Wildman–Crippen MR) is 135 cm³/mol. The van der Waals surface area contributed by atoms with Gasteiger partial charge in [-0.25, -0.2) is 21.6 Å². The molecular weight excluding hydrogens is 502 g/mol. The van der Waals surface area contributed by atoms with Gasteiger partial charge in [0, 0.05) is 11.7 Å². The molecular formula is C25H29N3O6S2. The number of nitrogens with zero attached hydrogens (tertiary/aromatic N) is 1. The third-order valence-corrected chi connectivity index (χ3v) is 9.33. The highest BCUT2D eigenvalue weighted by atomic mass is 32.2. The maximum absolute atomic E-state index is 13.5. The lowest BCUT2D eigenvalue weighted by Gasteiger charge is -2.23. The van der Waals surface area contributed by atoms with Crippen LogP contribution in [0.3, 0.4) is 0 Å². The largest absolute Gasteiger partial charge is 0.468 e. The van der Waals surface area contributed by atoms with Crippen molar-refractivity contribution in [1.29, 1.82) is 0 Å². The van der Waals surface area contributed by atoms with Gasteiger partial charge in [0.25, 0.3) is 0 Å². The number of hydrogen-bond acceptors (Lipinski definition) is 6. The molecule has 0 bridgehead atoms. The monoisotopic (exact) mass is 531 g/mol. The summed E-state index contributed by atoms with van der Waals surface area (Å²) in [7, 11) is -7.93. The Morgan fingerprint density at radius 3 is 2.17 bits per heavy atom. The molecule has 9 nitrogen and oxygen atoms in total. The summed E-state index contributed by atoms with van der Waals surface area (Å²) in [4.78, 5) is 12.5. The van der Waals surface area contributed by atoms with Crippen LogP contribution in [0.5, 0.6) is 0 Å². The van der Waals surface area contributed by atoms with Crippen molar-refractivity contribution in [2.24, 2.45) is 0 Å². The van der Waals surface area contributed by atoms with Gasteiger partial charge in [-0.2, -0.15) is 4.31 Å². The summed E-state index contributed by atoms with van der Waals surface area (Å²) in [6.45, 7) is -0.623. The Hall–Kier alpha value is -2.99. The Labute approximate surface area is 211 Å². The Morgan fingerprint density at radius 2 is 1.53 bits per heavy atom. The van der Waals surface area contributed by atoms with E-state index in [1.54, 1.807) is 42.5 Å². The van der Waals surface area contributed by atoms with Crippen LogP contribution in [-0.2, 0) is 31.4 Å². The highest BCUT2D eigenvalue weighted by Crippen LogP contribution is 2.23. The third-order valence-electron chi connectivity index (χ3n) is 5.99. The minimum Gasteiger partial charge on any atom is -0.468 e. The van der Waals surface area contributed by atoms with Crippen LogP contribution in [-0.4, -0.2) is 39.6 Å². The smallest absolute Gasteiger partial charge is 0.243 e. The average Bonchev–Trinajstić information content (AvgIpc) is 3.38. The van der Waals surface area contributed by atoms with E-state index in [9.17, 15) is 21.6 Å². The van der Waals surface area contributed by atoms with Crippen molar-refractivity contribution in [3.05, 3.63) is 78.8 Å². The zero-order valence-electron chi connectivity index (χ0n) is 19.7. The van der Waals surface area contributed by atoms with Gasteiger partial charge in [0.05, 0.1) is 29.1 Å². The number of carbonyl (C=O) groups excluding carboxylic acids is 1. The van der Waals surface area contributed by atoms with Crippen LogP contribution >= 0.6 is 0 Å². The Balaban J connectivity index is 1.53. The Kier molecular flexibility index (Phi) is 8.24. The summed E-state index contributed by atoms with van der Waals surface area (Å²) in [5.74, 6) is -0.158. The third kappa shape index (κ3) is 6.61. The predicted octanol–water partition coefficient (Wildman–Crippen LogP) is 3.72. The van der Waals surface area contributed by atoms with Gasteiger partial charge in [0.15, 0.2) is 0 Å². The number of amides is 1. The first-order valence-electron chi connectivity index (χ1n) is 11.7. The number of anilines is 1. The summed E-state index contributed by atoms with van der Waals surface area (Å²) in [5.41, 5.74) is 0.540. The molecule has 1 aliphatic rings. The van der Waals surface area contributed by atoms with Crippen LogP contribution in [0.2, 0.25) is 0 Å². The number of para-hydroxylation sites is 1. The summed E-state index contributed by atoms with van der Waals surface area (Å²) >= 11 is 0. The van der Waals surface area contributed by atoms with Gasteiger partial charge in [0.1, 0.15) is 5.76 Å². The second-order valence-corrected chi connectivity index (χ2v) is 12.3. The van der Waals surface area contributed by atoms with Crippen LogP contribution < -0.4 is 10.0 Å². The molecule has 1 amide bonds. The molecule has 0 saturated heterocycles. The zero-order valence-corrected chi connectivity index (χ0v) is 21.3. The number of nitrogens with one attached hydrogen (secondary N) is 2. The fraction of sp³-hybridized carbons (Fsp3) is 0.320. The quantitative estimate of drug-likeness (QED) is 0.411. The van der Waals surface area contributed by atoms with Crippen molar-refractivity contribution in [1.82, 2.24) is 9.03 Å². The minimum absolute atomic E-state index is 0.00794. The van der Waals surface area contributed by atoms with E-state index in [-0.39, 0.29) is 22.4 Å². The fourth-order valence-electron chi connectivity index (χ4n) is 4.13. The molecule has 0 aliphatic heterocycles. The molecule has 2 aromatic carbocycles. The van der Waals surface area contributed by atoms with Gasteiger partial charge in [-0.3, -0.25) is 4.79 Å². The van der Waals surface area contributed by atoms with Crippen LogP contribution in [0.25, 0.3) is 0 Å². The van der Waals surface area contributed by atoms with Gasteiger partial charge in [0.2, 0.25) is 26.0 Å². The molecule has 2 N–H and O–H groups in total. The van der Waals surface area contributed by atoms with Gasteiger partial charge in [-0.1, -0.05) is 37.5 Å². The van der Waals surface area contributed by atoms with Gasteiger partial charge in [-0.05, 0) is 61.4 Å². The van der Waals surface area contributed by atoms with Crippen molar-refractivity contribution in [3.8, 4) is 0 Å². The van der Waals surface area contributed by atoms with E-state index < -0.39 is 32.5 Å². The normalized spacial score (nSPS) is 15.1. The Bertz CT molecular complexity index is 1350. The number of carbonyl (C=O) groups is 1. The van der Waals surface area contributed by atoms with E-state index in [4.69, 9.17) is 4.42 Å². The lowest BCUT2D eigenvalue weighted by molar-refractivity contribution is -0.116. The highest BCUT2D eigenvalue weighted by Gasteiger charge is 2.29. The SMILES string of the molecule is O=C(CN(Cc1ccco1)S(=O)(=O)c1ccc(S(=O)(=O)NC2CCCCC2)cc1)Nc1ccccc1. The maximum Gasteiger partial charge on any atom is 0.243 e. The van der Waals surface area contributed by atoms with E-state index in [1.807, 2.05) is 0 Å². The number of sulfonamides is 2. The topological polar surface area (TPSA) is 126 Å². The summed E-state index contributed by atoms with van der Waals surface area (Å²) in [5, 5.41) is 2.68. The number of benzene rings is 2. The second kappa shape index (κ2) is 11.4. The van der Waals surface area contributed by atoms with E-state index in [0.29, 0.717) is 11.4 Å². The molecule has 3 aromatic rings. The zero-order chi connectivity index (χ0) is 25.6. The first-order valence-corrected chi connectivity index (χ1v) is 14.7. The molecule has 1 fully saturated rings. The van der Waals surface area contributed by atoms with Crippen molar-refractivity contribution in [3.63, 3.8) is 0 Å². The van der Waals surface area contributed by atoms with Crippen LogP contribution in [0.15, 0.2) is 87.2 Å². The molecule has 1 saturated carbocycles. The van der Waals surface area contributed by atoms with Crippen LogP contribution in [0.4, 0.5) is 5.69 Å². The lowest BCUT2D eigenvalue weighted by atomic mass is 9.96. The molecule has 0 unspecified atom stereocenters. The molecule has 0 atom stereocenters. The summed E-state index contributed by atoms with van der Waals surface area (Å²) in [6, 6.07) is 16.9. The summed E-state index contributed by atoms with van der Waals surface area (Å²) in [6.07, 6.45) is 6.06. The van der Waals surface area contributed by atoms with Crippen molar-refractivity contribution in [2.45, 2.75) is 54.5 Å². The van der Waals surface area contributed by atoms with E-state index in [0.717, 1.165) is 36.4 Å². The molecule has 0 radical (unpaired) electrons. The van der Waals surface area contributed by atoms with E-state index in [1.165, 1.54) is 30.5 Å². The van der Waals surface area contributed by atoms with Crippen LogP contribution in [0, 0.1) is 0 Å². The molecule has 11 heteroatoms. The standard InChI is InChI=1S/C25H29N3O6S2/c29-25(26-20-8-3-1-4-9-20)19-28(18-22-12-7-17-34-22)36(32,33)24-15-13-23(14-16-24)35(30,31)27-21-10-5-2-6-11-21/h1,3-4,7-9,12-17,21,27H,2,5-6,10-11,18-19H2,(H,26,29). The van der Waals surface area contributed by atoms with Gasteiger partial charge >= 0.3 is 0 Å². The average molecular weight is 532 g/mol. The van der Waals surface area contributed by atoms with Crippen molar-refractivity contribution < 1.29 is 26.0 Å². The van der Waals surface area contributed by atoms with Gasteiger partial charge < -0.3 is 9.73 Å².